The van der Waals surface area contributed by atoms with Crippen LogP contribution in [0.2, 0.25) is 0 Å². The molecule has 1 aliphatic heterocycles. The third kappa shape index (κ3) is 3.10. The van der Waals surface area contributed by atoms with Crippen LogP contribution in [0.15, 0.2) is 6.07 Å². The fourth-order valence-electron chi connectivity index (χ4n) is 1.93. The summed E-state index contributed by atoms with van der Waals surface area (Å²) in [5.41, 5.74) is 0. The quantitative estimate of drug-likeness (QED) is 0.775. The fraction of sp³-hybridized carbons (Fsp3) is 0.500. The first-order valence-corrected chi connectivity index (χ1v) is 6.26. The first-order chi connectivity index (χ1) is 9.11. The van der Waals surface area contributed by atoms with Gasteiger partial charge < -0.3 is 16.0 Å². The summed E-state index contributed by atoms with van der Waals surface area (Å²) in [5.74, 6) is -1.89. The fourth-order valence-corrected chi connectivity index (χ4v) is 1.93. The van der Waals surface area contributed by atoms with Gasteiger partial charge in [-0.2, -0.15) is 0 Å². The minimum atomic E-state index is -0.808. The van der Waals surface area contributed by atoms with E-state index in [1.165, 1.54) is 0 Å². The Balaban J connectivity index is 2.19. The van der Waals surface area contributed by atoms with Crippen molar-refractivity contribution in [1.82, 2.24) is 10.3 Å². The number of halogens is 2. The van der Waals surface area contributed by atoms with Crippen molar-refractivity contribution in [3.63, 3.8) is 0 Å². The van der Waals surface area contributed by atoms with Crippen LogP contribution in [0, 0.1) is 11.6 Å². The summed E-state index contributed by atoms with van der Waals surface area (Å²) in [5, 5.41) is 8.10. The van der Waals surface area contributed by atoms with Crippen LogP contribution in [-0.4, -0.2) is 30.0 Å². The van der Waals surface area contributed by atoms with E-state index in [-0.39, 0.29) is 17.5 Å². The number of carbonyl (C=O) groups is 1. The minimum Gasteiger partial charge on any atom is -0.368 e. The summed E-state index contributed by atoms with van der Waals surface area (Å²) in [4.78, 5) is 15.4. The maximum Gasteiger partial charge on any atom is 0.242 e. The van der Waals surface area contributed by atoms with Gasteiger partial charge in [-0.05, 0) is 19.8 Å². The maximum atomic E-state index is 13.6. The third-order valence-corrected chi connectivity index (χ3v) is 2.87. The van der Waals surface area contributed by atoms with Gasteiger partial charge in [-0.25, -0.2) is 13.8 Å². The van der Waals surface area contributed by atoms with Crippen LogP contribution in [0.5, 0.6) is 0 Å². The standard InChI is InChI=1S/C12H16F2N4O/c1-2-15-10-7(13)6-8(14)11(18-10)17-9-4-3-5-16-12(9)19/h6,9H,2-5H2,1H3,(H,16,19)(H2,15,17,18). The summed E-state index contributed by atoms with van der Waals surface area (Å²) in [6.45, 7) is 2.88. The molecule has 0 spiro atoms. The van der Waals surface area contributed by atoms with Gasteiger partial charge in [0.2, 0.25) is 5.91 Å². The highest BCUT2D eigenvalue weighted by atomic mass is 19.1. The number of anilines is 2. The van der Waals surface area contributed by atoms with Crippen molar-refractivity contribution < 1.29 is 13.6 Å². The molecule has 19 heavy (non-hydrogen) atoms. The van der Waals surface area contributed by atoms with E-state index in [2.05, 4.69) is 20.9 Å². The van der Waals surface area contributed by atoms with Crippen molar-refractivity contribution in [3.05, 3.63) is 17.7 Å². The molecular weight excluding hydrogens is 254 g/mol. The molecule has 1 aliphatic rings. The summed E-state index contributed by atoms with van der Waals surface area (Å²) < 4.78 is 27.0. The lowest BCUT2D eigenvalue weighted by Gasteiger charge is -2.23. The van der Waals surface area contributed by atoms with Crippen molar-refractivity contribution in [2.75, 3.05) is 23.7 Å². The van der Waals surface area contributed by atoms with E-state index in [1.54, 1.807) is 6.92 Å². The second kappa shape index (κ2) is 5.81. The molecule has 1 aromatic rings. The number of rotatable bonds is 4. The molecule has 1 aromatic heterocycles. The average Bonchev–Trinajstić information content (AvgIpc) is 2.38. The Morgan fingerprint density at radius 3 is 2.84 bits per heavy atom. The molecular formula is C12H16F2N4O. The lowest BCUT2D eigenvalue weighted by molar-refractivity contribution is -0.123. The average molecular weight is 270 g/mol. The number of nitrogens with zero attached hydrogens (tertiary/aromatic N) is 1. The van der Waals surface area contributed by atoms with Gasteiger partial charge in [0.1, 0.15) is 6.04 Å². The number of piperidine rings is 1. The molecule has 2 rings (SSSR count). The van der Waals surface area contributed by atoms with Crippen molar-refractivity contribution in [2.45, 2.75) is 25.8 Å². The number of hydrogen-bond acceptors (Lipinski definition) is 4. The first kappa shape index (κ1) is 13.5. The molecule has 1 saturated heterocycles. The summed E-state index contributed by atoms with van der Waals surface area (Å²) >= 11 is 0. The number of amides is 1. The predicted octanol–water partition coefficient (Wildman–Crippen LogP) is 1.48. The monoisotopic (exact) mass is 270 g/mol. The van der Waals surface area contributed by atoms with Gasteiger partial charge in [0.05, 0.1) is 0 Å². The maximum absolute atomic E-state index is 13.6. The third-order valence-electron chi connectivity index (χ3n) is 2.87. The molecule has 104 valence electrons. The Bertz CT molecular complexity index is 481. The van der Waals surface area contributed by atoms with Gasteiger partial charge in [0, 0.05) is 19.2 Å². The minimum absolute atomic E-state index is 0.0254. The molecule has 3 N–H and O–H groups in total. The molecule has 2 heterocycles. The van der Waals surface area contributed by atoms with Crippen LogP contribution < -0.4 is 16.0 Å². The van der Waals surface area contributed by atoms with Gasteiger partial charge in [-0.3, -0.25) is 4.79 Å². The molecule has 5 nitrogen and oxygen atoms in total. The van der Waals surface area contributed by atoms with E-state index < -0.39 is 17.7 Å². The Hall–Kier alpha value is -1.92. The molecule has 1 fully saturated rings. The number of pyridine rings is 1. The van der Waals surface area contributed by atoms with E-state index in [9.17, 15) is 13.6 Å². The molecule has 0 aliphatic carbocycles. The van der Waals surface area contributed by atoms with Gasteiger partial charge >= 0.3 is 0 Å². The van der Waals surface area contributed by atoms with Crippen LogP contribution in [0.25, 0.3) is 0 Å². The largest absolute Gasteiger partial charge is 0.368 e. The van der Waals surface area contributed by atoms with E-state index in [0.717, 1.165) is 12.5 Å². The molecule has 0 saturated carbocycles. The van der Waals surface area contributed by atoms with E-state index in [4.69, 9.17) is 0 Å². The highest BCUT2D eigenvalue weighted by Crippen LogP contribution is 2.20. The van der Waals surface area contributed by atoms with E-state index >= 15 is 0 Å². The summed E-state index contributed by atoms with van der Waals surface area (Å²) in [6, 6.07) is 0.226. The smallest absolute Gasteiger partial charge is 0.242 e. The molecule has 1 amide bonds. The van der Waals surface area contributed by atoms with Crippen LogP contribution in [0.1, 0.15) is 19.8 Å². The van der Waals surface area contributed by atoms with Gasteiger partial charge in [0.15, 0.2) is 23.3 Å². The van der Waals surface area contributed by atoms with E-state index in [0.29, 0.717) is 19.5 Å². The lowest BCUT2D eigenvalue weighted by Crippen LogP contribution is -2.44. The summed E-state index contributed by atoms with van der Waals surface area (Å²) in [6.07, 6.45) is 1.41. The molecule has 1 unspecified atom stereocenters. The van der Waals surface area contributed by atoms with Gasteiger partial charge in [-0.1, -0.05) is 0 Å². The summed E-state index contributed by atoms with van der Waals surface area (Å²) in [7, 11) is 0. The Morgan fingerprint density at radius 1 is 1.42 bits per heavy atom. The number of aromatic nitrogens is 1. The molecule has 0 aromatic carbocycles. The number of carbonyl (C=O) groups excluding carboxylic acids is 1. The molecule has 0 radical (unpaired) electrons. The van der Waals surface area contributed by atoms with Crippen LogP contribution >= 0.6 is 0 Å². The van der Waals surface area contributed by atoms with E-state index in [1.807, 2.05) is 0 Å². The topological polar surface area (TPSA) is 66.1 Å². The molecule has 0 bridgehead atoms. The SMILES string of the molecule is CCNc1nc(NC2CCCNC2=O)c(F)cc1F. The van der Waals surface area contributed by atoms with Crippen molar-refractivity contribution in [3.8, 4) is 0 Å². The normalized spacial score (nSPS) is 18.9. The zero-order valence-corrected chi connectivity index (χ0v) is 10.6. The van der Waals surface area contributed by atoms with Gasteiger partial charge in [-0.15, -0.1) is 0 Å². The predicted molar refractivity (Wildman–Crippen MR) is 68.0 cm³/mol. The van der Waals surface area contributed by atoms with Crippen molar-refractivity contribution >= 4 is 17.5 Å². The Labute approximate surface area is 109 Å². The molecule has 1 atom stereocenters. The highest BCUT2D eigenvalue weighted by molar-refractivity contribution is 5.85. The van der Waals surface area contributed by atoms with Crippen LogP contribution in [0.4, 0.5) is 20.4 Å². The van der Waals surface area contributed by atoms with Crippen molar-refractivity contribution in [1.29, 1.82) is 0 Å². The Morgan fingerprint density at radius 2 is 2.16 bits per heavy atom. The zero-order valence-electron chi connectivity index (χ0n) is 10.6. The second-order valence-corrected chi connectivity index (χ2v) is 4.31. The number of hydrogen-bond donors (Lipinski definition) is 3. The zero-order chi connectivity index (χ0) is 13.8. The van der Waals surface area contributed by atoms with Crippen molar-refractivity contribution in [2.24, 2.45) is 0 Å². The highest BCUT2D eigenvalue weighted by Gasteiger charge is 2.23. The molecule has 7 heteroatoms. The second-order valence-electron chi connectivity index (χ2n) is 4.31. The van der Waals surface area contributed by atoms with Crippen LogP contribution in [0.3, 0.4) is 0 Å². The van der Waals surface area contributed by atoms with Crippen LogP contribution in [-0.2, 0) is 4.79 Å². The number of nitrogens with one attached hydrogen (secondary N) is 3. The Kier molecular flexibility index (Phi) is 4.13. The van der Waals surface area contributed by atoms with Gasteiger partial charge in [0.25, 0.3) is 0 Å². The lowest BCUT2D eigenvalue weighted by atomic mass is 10.1. The first-order valence-electron chi connectivity index (χ1n) is 6.26.